The lowest BCUT2D eigenvalue weighted by atomic mass is 9.82. The summed E-state index contributed by atoms with van der Waals surface area (Å²) in [6.45, 7) is 1.93. The van der Waals surface area contributed by atoms with E-state index in [0.717, 1.165) is 25.0 Å². The van der Waals surface area contributed by atoms with E-state index in [-0.39, 0.29) is 5.92 Å². The highest BCUT2D eigenvalue weighted by Gasteiger charge is 2.37. The zero-order valence-corrected chi connectivity index (χ0v) is 6.63. The van der Waals surface area contributed by atoms with E-state index in [1.807, 2.05) is 6.92 Å². The summed E-state index contributed by atoms with van der Waals surface area (Å²) in [5.41, 5.74) is 3.98. The van der Waals surface area contributed by atoms with Gasteiger partial charge in [-0.25, -0.2) is 0 Å². The molecule has 0 aromatic heterocycles. The van der Waals surface area contributed by atoms with Crippen molar-refractivity contribution in [2.24, 2.45) is 11.0 Å². The van der Waals surface area contributed by atoms with Crippen molar-refractivity contribution in [2.75, 3.05) is 0 Å². The topological polar surface area (TPSA) is 41.5 Å². The van der Waals surface area contributed by atoms with Gasteiger partial charge >= 0.3 is 0 Å². The van der Waals surface area contributed by atoms with E-state index in [1.54, 1.807) is 0 Å². The Morgan fingerprint density at radius 3 is 3.18 bits per heavy atom. The Kier molecular flexibility index (Phi) is 1.44. The molecule has 0 bridgehead atoms. The van der Waals surface area contributed by atoms with Crippen LogP contribution in [0.2, 0.25) is 0 Å². The molecule has 1 aliphatic carbocycles. The first kappa shape index (κ1) is 6.83. The minimum absolute atomic E-state index is 0.101. The van der Waals surface area contributed by atoms with Gasteiger partial charge in [0.1, 0.15) is 5.78 Å². The normalized spacial score (nSPS) is 36.1. The molecular formula is C8H12N2O. The summed E-state index contributed by atoms with van der Waals surface area (Å²) in [6.07, 6.45) is 2.86. The first-order valence-corrected chi connectivity index (χ1v) is 4.11. The number of nitrogens with zero attached hydrogens (tertiary/aromatic N) is 1. The Hall–Kier alpha value is -0.860. The van der Waals surface area contributed by atoms with E-state index in [9.17, 15) is 4.79 Å². The maximum Gasteiger partial charge on any atom is 0.143 e. The van der Waals surface area contributed by atoms with Crippen LogP contribution in [0.4, 0.5) is 0 Å². The molecule has 2 aliphatic rings. The molecule has 0 saturated heterocycles. The third-order valence-electron chi connectivity index (χ3n) is 2.54. The molecule has 0 aromatic carbocycles. The largest absolute Gasteiger partial charge is 0.306 e. The molecule has 1 fully saturated rings. The van der Waals surface area contributed by atoms with Crippen molar-refractivity contribution in [1.29, 1.82) is 0 Å². The molecule has 3 nitrogen and oxygen atoms in total. The quantitative estimate of drug-likeness (QED) is 0.555. The number of hydrogen-bond acceptors (Lipinski definition) is 3. The fourth-order valence-electron chi connectivity index (χ4n) is 1.96. The molecule has 0 amide bonds. The highest BCUT2D eigenvalue weighted by Crippen LogP contribution is 2.25. The van der Waals surface area contributed by atoms with Crippen molar-refractivity contribution in [3.8, 4) is 0 Å². The van der Waals surface area contributed by atoms with Crippen molar-refractivity contribution >= 4 is 11.5 Å². The maximum absolute atomic E-state index is 11.4. The lowest BCUT2D eigenvalue weighted by Crippen LogP contribution is -2.38. The standard InChI is InChI=1S/C8H12N2O/c1-5-8-6(10-9-5)3-2-4-7(8)11/h6,8,10H,2-4H2,1H3/t6-,8-/m1/s1. The minimum atomic E-state index is 0.101. The first-order valence-electron chi connectivity index (χ1n) is 4.11. The summed E-state index contributed by atoms with van der Waals surface area (Å²) in [5.74, 6) is 0.469. The van der Waals surface area contributed by atoms with Gasteiger partial charge in [-0.05, 0) is 19.8 Å². The number of hydrogen-bond donors (Lipinski definition) is 1. The fourth-order valence-corrected chi connectivity index (χ4v) is 1.96. The van der Waals surface area contributed by atoms with Gasteiger partial charge in [0.25, 0.3) is 0 Å². The Morgan fingerprint density at radius 1 is 1.64 bits per heavy atom. The molecule has 2 rings (SSSR count). The van der Waals surface area contributed by atoms with Crippen LogP contribution < -0.4 is 5.43 Å². The van der Waals surface area contributed by atoms with Gasteiger partial charge in [-0.1, -0.05) is 0 Å². The van der Waals surface area contributed by atoms with E-state index in [2.05, 4.69) is 10.5 Å². The number of fused-ring (bicyclic) bond motifs is 1. The summed E-state index contributed by atoms with van der Waals surface area (Å²) in [4.78, 5) is 11.4. The second kappa shape index (κ2) is 2.32. The van der Waals surface area contributed by atoms with Gasteiger partial charge in [0.2, 0.25) is 0 Å². The molecule has 11 heavy (non-hydrogen) atoms. The molecule has 3 heteroatoms. The highest BCUT2D eigenvalue weighted by atomic mass is 16.1. The lowest BCUT2D eigenvalue weighted by Gasteiger charge is -2.23. The van der Waals surface area contributed by atoms with Crippen LogP contribution in [0, 0.1) is 5.92 Å². The van der Waals surface area contributed by atoms with E-state index in [0.29, 0.717) is 11.8 Å². The van der Waals surface area contributed by atoms with Gasteiger partial charge in [-0.2, -0.15) is 5.10 Å². The number of nitrogens with one attached hydrogen (secondary N) is 1. The average molecular weight is 152 g/mol. The summed E-state index contributed by atoms with van der Waals surface area (Å²) in [7, 11) is 0. The summed E-state index contributed by atoms with van der Waals surface area (Å²) in [5, 5.41) is 4.08. The molecule has 2 atom stereocenters. The van der Waals surface area contributed by atoms with Crippen LogP contribution in [-0.4, -0.2) is 17.5 Å². The number of hydrazone groups is 1. The van der Waals surface area contributed by atoms with Crippen LogP contribution in [0.15, 0.2) is 5.10 Å². The molecule has 1 heterocycles. The number of rotatable bonds is 0. The molecular weight excluding hydrogens is 140 g/mol. The fraction of sp³-hybridized carbons (Fsp3) is 0.750. The van der Waals surface area contributed by atoms with Crippen LogP contribution in [0.3, 0.4) is 0 Å². The zero-order valence-electron chi connectivity index (χ0n) is 6.63. The maximum atomic E-state index is 11.4. The first-order chi connectivity index (χ1) is 5.29. The minimum Gasteiger partial charge on any atom is -0.306 e. The van der Waals surface area contributed by atoms with Crippen LogP contribution in [0.1, 0.15) is 26.2 Å². The van der Waals surface area contributed by atoms with Crippen molar-refractivity contribution in [1.82, 2.24) is 5.43 Å². The third kappa shape index (κ3) is 0.951. The van der Waals surface area contributed by atoms with Crippen LogP contribution in [0.5, 0.6) is 0 Å². The smallest absolute Gasteiger partial charge is 0.143 e. The SMILES string of the molecule is CC1=NN[C@@H]2CCCC(=O)[C@H]12. The average Bonchev–Trinajstić information content (AvgIpc) is 2.34. The van der Waals surface area contributed by atoms with Crippen LogP contribution >= 0.6 is 0 Å². The van der Waals surface area contributed by atoms with Gasteiger partial charge in [-0.3, -0.25) is 4.79 Å². The van der Waals surface area contributed by atoms with E-state index < -0.39 is 0 Å². The molecule has 60 valence electrons. The number of carbonyl (C=O) groups excluding carboxylic acids is 1. The number of carbonyl (C=O) groups is 1. The Labute approximate surface area is 65.9 Å². The number of Topliss-reactive ketones (excluding diaryl/α,β-unsaturated/α-hetero) is 1. The van der Waals surface area contributed by atoms with Crippen molar-refractivity contribution < 1.29 is 4.79 Å². The monoisotopic (exact) mass is 152 g/mol. The Morgan fingerprint density at radius 2 is 2.45 bits per heavy atom. The van der Waals surface area contributed by atoms with Crippen molar-refractivity contribution in [2.45, 2.75) is 32.2 Å². The molecule has 0 unspecified atom stereocenters. The second-order valence-electron chi connectivity index (χ2n) is 3.32. The summed E-state index contributed by atoms with van der Waals surface area (Å²) in [6, 6.07) is 0.316. The van der Waals surface area contributed by atoms with Gasteiger partial charge in [-0.15, -0.1) is 0 Å². The molecule has 0 radical (unpaired) electrons. The van der Waals surface area contributed by atoms with Gasteiger partial charge in [0, 0.05) is 12.1 Å². The molecule has 0 spiro atoms. The molecule has 1 aliphatic heterocycles. The Bertz CT molecular complexity index is 222. The van der Waals surface area contributed by atoms with Crippen LogP contribution in [0.25, 0.3) is 0 Å². The predicted molar refractivity (Wildman–Crippen MR) is 42.4 cm³/mol. The van der Waals surface area contributed by atoms with Crippen molar-refractivity contribution in [3.63, 3.8) is 0 Å². The predicted octanol–water partition coefficient (Wildman–Crippen LogP) is 0.703. The van der Waals surface area contributed by atoms with E-state index in [1.165, 1.54) is 0 Å². The molecule has 0 aromatic rings. The lowest BCUT2D eigenvalue weighted by molar-refractivity contribution is -0.122. The summed E-state index contributed by atoms with van der Waals surface area (Å²) >= 11 is 0. The van der Waals surface area contributed by atoms with Gasteiger partial charge in [0.15, 0.2) is 0 Å². The molecule has 1 N–H and O–H groups in total. The zero-order chi connectivity index (χ0) is 7.84. The highest BCUT2D eigenvalue weighted by molar-refractivity contribution is 6.06. The van der Waals surface area contributed by atoms with E-state index >= 15 is 0 Å². The third-order valence-corrected chi connectivity index (χ3v) is 2.54. The van der Waals surface area contributed by atoms with Gasteiger partial charge in [0.05, 0.1) is 12.0 Å². The van der Waals surface area contributed by atoms with E-state index in [4.69, 9.17) is 0 Å². The molecule has 1 saturated carbocycles. The van der Waals surface area contributed by atoms with Gasteiger partial charge < -0.3 is 5.43 Å². The number of ketones is 1. The summed E-state index contributed by atoms with van der Waals surface area (Å²) < 4.78 is 0. The van der Waals surface area contributed by atoms with Crippen LogP contribution in [-0.2, 0) is 4.79 Å². The Balaban J connectivity index is 2.21. The van der Waals surface area contributed by atoms with Crippen molar-refractivity contribution in [3.05, 3.63) is 0 Å². The second-order valence-corrected chi connectivity index (χ2v) is 3.32.